The first kappa shape index (κ1) is 13.3. The molecular formula is C10H17N5O2S. The van der Waals surface area contributed by atoms with Gasteiger partial charge in [0.15, 0.2) is 0 Å². The van der Waals surface area contributed by atoms with Crippen LogP contribution in [0.5, 0.6) is 0 Å². The minimum atomic E-state index is -0.344. The van der Waals surface area contributed by atoms with Gasteiger partial charge in [0.2, 0.25) is 5.16 Å². The Morgan fingerprint density at radius 1 is 1.44 bits per heavy atom. The third kappa shape index (κ3) is 3.67. The van der Waals surface area contributed by atoms with E-state index in [2.05, 4.69) is 25.2 Å². The van der Waals surface area contributed by atoms with Crippen LogP contribution in [0.4, 0.5) is 0 Å². The fourth-order valence-corrected chi connectivity index (χ4v) is 2.73. The fraction of sp³-hybridized carbons (Fsp3) is 0.800. The first-order chi connectivity index (χ1) is 8.79. The summed E-state index contributed by atoms with van der Waals surface area (Å²) in [5.41, 5.74) is 0. The highest BCUT2D eigenvalue weighted by Crippen LogP contribution is 2.15. The SMILES string of the molecule is COC(=O)Cn1nnnc1SCCN1CCCC1. The van der Waals surface area contributed by atoms with E-state index in [-0.39, 0.29) is 12.5 Å². The number of hydrogen-bond acceptors (Lipinski definition) is 7. The van der Waals surface area contributed by atoms with Gasteiger partial charge in [0.25, 0.3) is 0 Å². The second-order valence-corrected chi connectivity index (χ2v) is 5.15. The Labute approximate surface area is 110 Å². The number of nitrogens with zero attached hydrogens (tertiary/aromatic N) is 5. The van der Waals surface area contributed by atoms with Crippen LogP contribution in [0.15, 0.2) is 5.16 Å². The Bertz CT molecular complexity index is 391. The molecule has 0 radical (unpaired) electrons. The number of likely N-dealkylation sites (tertiary alicyclic amines) is 1. The smallest absolute Gasteiger partial charge is 0.327 e. The van der Waals surface area contributed by atoms with E-state index in [4.69, 9.17) is 0 Å². The number of thioether (sulfide) groups is 1. The molecule has 0 N–H and O–H groups in total. The van der Waals surface area contributed by atoms with Crippen molar-refractivity contribution < 1.29 is 9.53 Å². The summed E-state index contributed by atoms with van der Waals surface area (Å²) in [6.45, 7) is 3.48. The second kappa shape index (κ2) is 6.69. The Hall–Kier alpha value is -1.15. The van der Waals surface area contributed by atoms with Crippen molar-refractivity contribution in [2.24, 2.45) is 0 Å². The highest BCUT2D eigenvalue weighted by Gasteiger charge is 2.13. The van der Waals surface area contributed by atoms with Gasteiger partial charge in [-0.3, -0.25) is 4.79 Å². The second-order valence-electron chi connectivity index (χ2n) is 4.09. The quantitative estimate of drug-likeness (QED) is 0.534. The van der Waals surface area contributed by atoms with Crippen molar-refractivity contribution in [1.29, 1.82) is 0 Å². The zero-order valence-electron chi connectivity index (χ0n) is 10.4. The van der Waals surface area contributed by atoms with Crippen LogP contribution >= 0.6 is 11.8 Å². The summed E-state index contributed by atoms with van der Waals surface area (Å²) in [4.78, 5) is 13.6. The van der Waals surface area contributed by atoms with E-state index >= 15 is 0 Å². The molecule has 8 heteroatoms. The number of carbonyl (C=O) groups is 1. The van der Waals surface area contributed by atoms with Crippen LogP contribution in [-0.2, 0) is 16.1 Å². The summed E-state index contributed by atoms with van der Waals surface area (Å²) in [5.74, 6) is 0.588. The number of esters is 1. The summed E-state index contributed by atoms with van der Waals surface area (Å²) < 4.78 is 6.06. The van der Waals surface area contributed by atoms with E-state index < -0.39 is 0 Å². The predicted molar refractivity (Wildman–Crippen MR) is 66.2 cm³/mol. The van der Waals surface area contributed by atoms with Crippen LogP contribution in [0.2, 0.25) is 0 Å². The van der Waals surface area contributed by atoms with E-state index in [1.54, 1.807) is 11.8 Å². The first-order valence-electron chi connectivity index (χ1n) is 5.97. The van der Waals surface area contributed by atoms with E-state index in [1.807, 2.05) is 0 Å². The molecule has 0 saturated carbocycles. The zero-order valence-corrected chi connectivity index (χ0v) is 11.2. The standard InChI is InChI=1S/C10H17N5O2S/c1-17-9(16)8-15-10(11-12-13-15)18-7-6-14-4-2-3-5-14/h2-8H2,1H3. The van der Waals surface area contributed by atoms with Crippen LogP contribution in [0.3, 0.4) is 0 Å². The number of hydrogen-bond donors (Lipinski definition) is 0. The molecule has 1 fully saturated rings. The molecule has 0 spiro atoms. The molecule has 0 unspecified atom stereocenters. The van der Waals surface area contributed by atoms with Crippen molar-refractivity contribution in [1.82, 2.24) is 25.1 Å². The van der Waals surface area contributed by atoms with Gasteiger partial charge in [0, 0.05) is 12.3 Å². The molecule has 7 nitrogen and oxygen atoms in total. The molecule has 1 saturated heterocycles. The van der Waals surface area contributed by atoms with Gasteiger partial charge in [-0.2, -0.15) is 0 Å². The zero-order chi connectivity index (χ0) is 12.8. The van der Waals surface area contributed by atoms with Crippen molar-refractivity contribution in [2.45, 2.75) is 24.5 Å². The highest BCUT2D eigenvalue weighted by molar-refractivity contribution is 7.99. The lowest BCUT2D eigenvalue weighted by Gasteiger charge is -2.13. The van der Waals surface area contributed by atoms with Gasteiger partial charge in [0.05, 0.1) is 7.11 Å². The maximum absolute atomic E-state index is 11.2. The molecular weight excluding hydrogens is 254 g/mol. The largest absolute Gasteiger partial charge is 0.468 e. The molecule has 0 amide bonds. The molecule has 1 aromatic heterocycles. The molecule has 2 rings (SSSR count). The number of rotatable bonds is 6. The maximum atomic E-state index is 11.2. The van der Waals surface area contributed by atoms with Crippen molar-refractivity contribution in [3.05, 3.63) is 0 Å². The minimum absolute atomic E-state index is 0.0650. The third-order valence-electron chi connectivity index (χ3n) is 2.84. The minimum Gasteiger partial charge on any atom is -0.468 e. The molecule has 1 aliphatic rings. The molecule has 1 aliphatic heterocycles. The summed E-state index contributed by atoms with van der Waals surface area (Å²) >= 11 is 1.57. The molecule has 0 aromatic carbocycles. The molecule has 2 heterocycles. The first-order valence-corrected chi connectivity index (χ1v) is 6.96. The molecule has 100 valence electrons. The van der Waals surface area contributed by atoms with Gasteiger partial charge in [-0.1, -0.05) is 11.8 Å². The lowest BCUT2D eigenvalue weighted by molar-refractivity contribution is -0.141. The Morgan fingerprint density at radius 2 is 2.22 bits per heavy atom. The molecule has 18 heavy (non-hydrogen) atoms. The normalized spacial score (nSPS) is 16.1. The van der Waals surface area contributed by atoms with Crippen molar-refractivity contribution in [3.8, 4) is 0 Å². The van der Waals surface area contributed by atoms with E-state index in [1.165, 1.54) is 37.7 Å². The van der Waals surface area contributed by atoms with Crippen molar-refractivity contribution in [3.63, 3.8) is 0 Å². The lowest BCUT2D eigenvalue weighted by Crippen LogP contribution is -2.22. The number of carbonyl (C=O) groups excluding carboxylic acids is 1. The summed E-state index contributed by atoms with van der Waals surface area (Å²) in [5, 5.41) is 11.9. The third-order valence-corrected chi connectivity index (χ3v) is 3.78. The number of aromatic nitrogens is 4. The van der Waals surface area contributed by atoms with E-state index in [0.717, 1.165) is 12.3 Å². The Kier molecular flexibility index (Phi) is 4.94. The van der Waals surface area contributed by atoms with Crippen LogP contribution in [0, 0.1) is 0 Å². The van der Waals surface area contributed by atoms with Gasteiger partial charge in [0.1, 0.15) is 6.54 Å². The van der Waals surface area contributed by atoms with Gasteiger partial charge < -0.3 is 9.64 Å². The topological polar surface area (TPSA) is 73.1 Å². The average molecular weight is 271 g/mol. The Balaban J connectivity index is 1.78. The van der Waals surface area contributed by atoms with E-state index in [9.17, 15) is 4.79 Å². The summed E-state index contributed by atoms with van der Waals surface area (Å²) in [6.07, 6.45) is 2.59. The van der Waals surface area contributed by atoms with Crippen LogP contribution in [0.1, 0.15) is 12.8 Å². The van der Waals surface area contributed by atoms with Crippen molar-refractivity contribution >= 4 is 17.7 Å². The van der Waals surface area contributed by atoms with Gasteiger partial charge in [-0.05, 0) is 36.4 Å². The lowest BCUT2D eigenvalue weighted by atomic mass is 10.4. The van der Waals surface area contributed by atoms with E-state index in [0.29, 0.717) is 5.16 Å². The number of ether oxygens (including phenoxy) is 1. The molecule has 1 aromatic rings. The molecule has 0 aliphatic carbocycles. The van der Waals surface area contributed by atoms with Crippen molar-refractivity contribution in [2.75, 3.05) is 32.5 Å². The average Bonchev–Trinajstić information content (AvgIpc) is 3.01. The fourth-order valence-electron chi connectivity index (χ4n) is 1.86. The van der Waals surface area contributed by atoms with Crippen LogP contribution in [-0.4, -0.2) is 63.6 Å². The van der Waals surface area contributed by atoms with Gasteiger partial charge in [-0.25, -0.2) is 4.68 Å². The highest BCUT2D eigenvalue weighted by atomic mass is 32.2. The number of tetrazole rings is 1. The summed E-state index contributed by atoms with van der Waals surface area (Å²) in [6, 6.07) is 0. The monoisotopic (exact) mass is 271 g/mol. The van der Waals surface area contributed by atoms with Crippen LogP contribution in [0.25, 0.3) is 0 Å². The maximum Gasteiger partial charge on any atom is 0.327 e. The van der Waals surface area contributed by atoms with Gasteiger partial charge in [-0.15, -0.1) is 5.10 Å². The van der Waals surface area contributed by atoms with Crippen LogP contribution < -0.4 is 0 Å². The Morgan fingerprint density at radius 3 is 2.94 bits per heavy atom. The molecule has 0 bridgehead atoms. The predicted octanol–water partition coefficient (Wildman–Crippen LogP) is 0.0340. The van der Waals surface area contributed by atoms with Gasteiger partial charge >= 0.3 is 5.97 Å². The number of methoxy groups -OCH3 is 1. The molecule has 0 atom stereocenters. The summed E-state index contributed by atoms with van der Waals surface area (Å²) in [7, 11) is 1.35.